The third-order valence-corrected chi connectivity index (χ3v) is 2.30. The minimum Gasteiger partial charge on any atom is -0.463 e. The molecule has 4 heteroatoms. The molecule has 4 nitrogen and oxygen atoms in total. The van der Waals surface area contributed by atoms with Gasteiger partial charge in [-0.25, -0.2) is 0 Å². The Bertz CT molecular complexity index is 236. The van der Waals surface area contributed by atoms with Crippen molar-refractivity contribution in [3.8, 4) is 6.07 Å². The van der Waals surface area contributed by atoms with Crippen molar-refractivity contribution in [2.24, 2.45) is 0 Å². The molecule has 0 atom stereocenters. The summed E-state index contributed by atoms with van der Waals surface area (Å²) in [6.45, 7) is 1.37. The molecule has 0 aliphatic heterocycles. The summed E-state index contributed by atoms with van der Waals surface area (Å²) in [6.07, 6.45) is 1.81. The molecule has 0 unspecified atom stereocenters. The van der Waals surface area contributed by atoms with E-state index in [-0.39, 0.29) is 12.1 Å². The monoisotopic (exact) mass is 183 g/mol. The molecule has 0 aromatic heterocycles. The Morgan fingerprint density at radius 3 is 2.54 bits per heavy atom. The maximum absolute atomic E-state index is 10.6. The molecule has 1 aliphatic rings. The molecule has 0 amide bonds. The highest BCUT2D eigenvalue weighted by Gasteiger charge is 2.34. The van der Waals surface area contributed by atoms with Crippen LogP contribution in [0.15, 0.2) is 0 Å². The first-order valence-electron chi connectivity index (χ1n) is 4.36. The molecule has 0 saturated heterocycles. The number of carbonyl (C=O) groups excluding carboxylic acids is 1. The predicted molar refractivity (Wildman–Crippen MR) is 44.6 cm³/mol. The van der Waals surface area contributed by atoms with Gasteiger partial charge in [0.1, 0.15) is 6.10 Å². The van der Waals surface area contributed by atoms with E-state index in [9.17, 15) is 9.90 Å². The standard InChI is InChI=1S/C9H13NO3/c1-7(11)13-8-2-4-9(12,6-10)5-3-8/h8,12H,2-5H2,1H3. The molecule has 1 N–H and O–H groups in total. The maximum atomic E-state index is 10.6. The van der Waals surface area contributed by atoms with Gasteiger partial charge in [-0.2, -0.15) is 5.26 Å². The second kappa shape index (κ2) is 3.75. The smallest absolute Gasteiger partial charge is 0.302 e. The summed E-state index contributed by atoms with van der Waals surface area (Å²) in [5.74, 6) is -0.299. The van der Waals surface area contributed by atoms with Gasteiger partial charge in [-0.15, -0.1) is 0 Å². The van der Waals surface area contributed by atoms with Crippen LogP contribution in [0.1, 0.15) is 32.6 Å². The van der Waals surface area contributed by atoms with E-state index in [1.54, 1.807) is 0 Å². The Morgan fingerprint density at radius 1 is 1.62 bits per heavy atom. The lowest BCUT2D eigenvalue weighted by molar-refractivity contribution is -0.149. The van der Waals surface area contributed by atoms with Crippen molar-refractivity contribution in [2.45, 2.75) is 44.3 Å². The summed E-state index contributed by atoms with van der Waals surface area (Å²) in [4.78, 5) is 10.6. The lowest BCUT2D eigenvalue weighted by Gasteiger charge is -2.30. The fraction of sp³-hybridized carbons (Fsp3) is 0.778. The van der Waals surface area contributed by atoms with E-state index in [0.29, 0.717) is 25.7 Å². The van der Waals surface area contributed by atoms with Crippen LogP contribution < -0.4 is 0 Å². The first-order valence-corrected chi connectivity index (χ1v) is 4.36. The van der Waals surface area contributed by atoms with E-state index in [4.69, 9.17) is 10.00 Å². The zero-order valence-corrected chi connectivity index (χ0v) is 7.62. The maximum Gasteiger partial charge on any atom is 0.302 e. The Labute approximate surface area is 77.1 Å². The first-order chi connectivity index (χ1) is 6.06. The summed E-state index contributed by atoms with van der Waals surface area (Å²) in [7, 11) is 0. The lowest BCUT2D eigenvalue weighted by atomic mass is 9.84. The number of nitriles is 1. The lowest BCUT2D eigenvalue weighted by Crippen LogP contribution is -2.35. The zero-order chi connectivity index (χ0) is 9.90. The largest absolute Gasteiger partial charge is 0.463 e. The SMILES string of the molecule is CC(=O)OC1CCC(O)(C#N)CC1. The number of hydrogen-bond acceptors (Lipinski definition) is 4. The van der Waals surface area contributed by atoms with Crippen LogP contribution >= 0.6 is 0 Å². The van der Waals surface area contributed by atoms with Gasteiger partial charge in [0.2, 0.25) is 0 Å². The molecule has 0 bridgehead atoms. The minimum atomic E-state index is -1.20. The van der Waals surface area contributed by atoms with Crippen LogP contribution in [-0.4, -0.2) is 22.8 Å². The fourth-order valence-electron chi connectivity index (χ4n) is 1.53. The van der Waals surface area contributed by atoms with E-state index in [2.05, 4.69) is 0 Å². The van der Waals surface area contributed by atoms with Crippen molar-refractivity contribution in [1.82, 2.24) is 0 Å². The summed E-state index contributed by atoms with van der Waals surface area (Å²) in [6, 6.07) is 1.87. The van der Waals surface area contributed by atoms with Crippen LogP contribution in [0, 0.1) is 11.3 Å². The van der Waals surface area contributed by atoms with E-state index < -0.39 is 5.60 Å². The highest BCUT2D eigenvalue weighted by molar-refractivity contribution is 5.66. The summed E-state index contributed by atoms with van der Waals surface area (Å²) in [5, 5.41) is 18.1. The average Bonchev–Trinajstić information content (AvgIpc) is 2.09. The Kier molecular flexibility index (Phi) is 2.89. The molecular formula is C9H13NO3. The van der Waals surface area contributed by atoms with Crippen molar-refractivity contribution in [1.29, 1.82) is 5.26 Å². The summed E-state index contributed by atoms with van der Waals surface area (Å²) < 4.78 is 4.97. The number of esters is 1. The molecule has 1 fully saturated rings. The van der Waals surface area contributed by atoms with E-state index >= 15 is 0 Å². The summed E-state index contributed by atoms with van der Waals surface area (Å²) in [5.41, 5.74) is -1.20. The normalized spacial score (nSPS) is 33.5. The number of aliphatic hydroxyl groups is 1. The van der Waals surface area contributed by atoms with Crippen LogP contribution in [0.25, 0.3) is 0 Å². The van der Waals surface area contributed by atoms with Crippen molar-refractivity contribution in [3.63, 3.8) is 0 Å². The van der Waals surface area contributed by atoms with Gasteiger partial charge in [-0.3, -0.25) is 4.79 Å². The third-order valence-electron chi connectivity index (χ3n) is 2.30. The van der Waals surface area contributed by atoms with Crippen molar-refractivity contribution >= 4 is 5.97 Å². The second-order valence-corrected chi connectivity index (χ2v) is 3.45. The quantitative estimate of drug-likeness (QED) is 0.481. The van der Waals surface area contributed by atoms with Crippen molar-refractivity contribution < 1.29 is 14.6 Å². The van der Waals surface area contributed by atoms with Crippen molar-refractivity contribution in [2.75, 3.05) is 0 Å². The highest BCUT2D eigenvalue weighted by Crippen LogP contribution is 2.29. The molecule has 1 rings (SSSR count). The zero-order valence-electron chi connectivity index (χ0n) is 7.62. The molecule has 0 aromatic rings. The molecule has 0 spiro atoms. The molecule has 0 heterocycles. The third kappa shape index (κ3) is 2.71. The number of hydrogen-bond donors (Lipinski definition) is 1. The van der Waals surface area contributed by atoms with Gasteiger partial charge in [0.15, 0.2) is 5.60 Å². The van der Waals surface area contributed by atoms with Crippen LogP contribution in [0.5, 0.6) is 0 Å². The highest BCUT2D eigenvalue weighted by atomic mass is 16.5. The van der Waals surface area contributed by atoms with Gasteiger partial charge in [0.05, 0.1) is 6.07 Å². The van der Waals surface area contributed by atoms with E-state index in [0.717, 1.165) is 0 Å². The number of ether oxygens (including phenoxy) is 1. The van der Waals surface area contributed by atoms with Gasteiger partial charge < -0.3 is 9.84 Å². The predicted octanol–water partition coefficient (Wildman–Crippen LogP) is 0.747. The van der Waals surface area contributed by atoms with Crippen LogP contribution in [0.3, 0.4) is 0 Å². The van der Waals surface area contributed by atoms with Gasteiger partial charge in [0.25, 0.3) is 0 Å². The summed E-state index contributed by atoms with van der Waals surface area (Å²) >= 11 is 0. The first kappa shape index (κ1) is 10.0. The molecular weight excluding hydrogens is 170 g/mol. The molecule has 0 radical (unpaired) electrons. The molecule has 0 aromatic carbocycles. The fourth-order valence-corrected chi connectivity index (χ4v) is 1.53. The van der Waals surface area contributed by atoms with Crippen molar-refractivity contribution in [3.05, 3.63) is 0 Å². The minimum absolute atomic E-state index is 0.119. The second-order valence-electron chi connectivity index (χ2n) is 3.45. The number of nitrogens with zero attached hydrogens (tertiary/aromatic N) is 1. The molecule has 72 valence electrons. The van der Waals surface area contributed by atoms with Gasteiger partial charge in [0, 0.05) is 6.92 Å². The van der Waals surface area contributed by atoms with E-state index in [1.807, 2.05) is 6.07 Å². The molecule has 13 heavy (non-hydrogen) atoms. The van der Waals surface area contributed by atoms with E-state index in [1.165, 1.54) is 6.92 Å². The van der Waals surface area contributed by atoms with Gasteiger partial charge in [-0.05, 0) is 25.7 Å². The Hall–Kier alpha value is -1.08. The average molecular weight is 183 g/mol. The Balaban J connectivity index is 2.40. The van der Waals surface area contributed by atoms with Gasteiger partial charge in [-0.1, -0.05) is 0 Å². The van der Waals surface area contributed by atoms with Crippen LogP contribution in [-0.2, 0) is 9.53 Å². The van der Waals surface area contributed by atoms with Gasteiger partial charge >= 0.3 is 5.97 Å². The molecule has 1 aliphatic carbocycles. The Morgan fingerprint density at radius 2 is 2.15 bits per heavy atom. The number of rotatable bonds is 1. The number of carbonyl (C=O) groups is 1. The van der Waals surface area contributed by atoms with Crippen LogP contribution in [0.4, 0.5) is 0 Å². The molecule has 1 saturated carbocycles. The topological polar surface area (TPSA) is 70.3 Å². The van der Waals surface area contributed by atoms with Crippen LogP contribution in [0.2, 0.25) is 0 Å².